The fourth-order valence-electron chi connectivity index (χ4n) is 4.15. The van der Waals surface area contributed by atoms with E-state index in [1.165, 1.54) is 77.5 Å². The molecule has 106 valence electrons. The molecule has 0 spiro atoms. The molecule has 1 saturated carbocycles. The molecule has 0 aromatic carbocycles. The van der Waals surface area contributed by atoms with E-state index in [0.29, 0.717) is 10.8 Å². The van der Waals surface area contributed by atoms with Crippen molar-refractivity contribution in [2.75, 3.05) is 26.2 Å². The van der Waals surface area contributed by atoms with Crippen molar-refractivity contribution in [3.63, 3.8) is 0 Å². The Morgan fingerprint density at radius 3 is 2.28 bits per heavy atom. The van der Waals surface area contributed by atoms with Gasteiger partial charge in [0.05, 0.1) is 0 Å². The minimum atomic E-state index is 0.558. The fourth-order valence-corrected chi connectivity index (χ4v) is 4.15. The van der Waals surface area contributed by atoms with Gasteiger partial charge in [0.15, 0.2) is 0 Å². The van der Waals surface area contributed by atoms with Gasteiger partial charge in [-0.25, -0.2) is 0 Å². The quantitative estimate of drug-likeness (QED) is 0.726. The normalized spacial score (nSPS) is 31.0. The SMILES string of the molecule is CCCC1(CNCC2(CC)CCCC2)CCNC1. The molecule has 0 aromatic rings. The first-order valence-electron chi connectivity index (χ1n) is 8.16. The van der Waals surface area contributed by atoms with Crippen molar-refractivity contribution in [3.8, 4) is 0 Å². The fraction of sp³-hybridized carbons (Fsp3) is 1.00. The van der Waals surface area contributed by atoms with Gasteiger partial charge >= 0.3 is 0 Å². The van der Waals surface area contributed by atoms with Crippen LogP contribution >= 0.6 is 0 Å². The van der Waals surface area contributed by atoms with Crippen molar-refractivity contribution in [1.29, 1.82) is 0 Å². The molecule has 0 aromatic heterocycles. The zero-order valence-corrected chi connectivity index (χ0v) is 12.5. The van der Waals surface area contributed by atoms with Gasteiger partial charge in [-0.05, 0) is 49.5 Å². The molecule has 1 heterocycles. The summed E-state index contributed by atoms with van der Waals surface area (Å²) in [4.78, 5) is 0. The molecule has 1 aliphatic heterocycles. The van der Waals surface area contributed by atoms with Crippen LogP contribution < -0.4 is 10.6 Å². The molecular formula is C16H32N2. The molecule has 1 saturated heterocycles. The van der Waals surface area contributed by atoms with Crippen molar-refractivity contribution < 1.29 is 0 Å². The first-order valence-corrected chi connectivity index (χ1v) is 8.16. The molecule has 2 N–H and O–H groups in total. The van der Waals surface area contributed by atoms with Crippen LogP contribution in [-0.2, 0) is 0 Å². The van der Waals surface area contributed by atoms with Gasteiger partial charge < -0.3 is 10.6 Å². The molecule has 2 nitrogen and oxygen atoms in total. The first-order chi connectivity index (χ1) is 8.74. The highest BCUT2D eigenvalue weighted by Crippen LogP contribution is 2.40. The van der Waals surface area contributed by atoms with E-state index < -0.39 is 0 Å². The molecule has 1 atom stereocenters. The molecule has 1 unspecified atom stereocenters. The lowest BCUT2D eigenvalue weighted by atomic mass is 9.80. The molecular weight excluding hydrogens is 220 g/mol. The minimum Gasteiger partial charge on any atom is -0.316 e. The lowest BCUT2D eigenvalue weighted by Crippen LogP contribution is -2.40. The van der Waals surface area contributed by atoms with Crippen molar-refractivity contribution >= 4 is 0 Å². The first kappa shape index (κ1) is 14.3. The highest BCUT2D eigenvalue weighted by molar-refractivity contribution is 4.91. The van der Waals surface area contributed by atoms with Gasteiger partial charge in [-0.2, -0.15) is 0 Å². The van der Waals surface area contributed by atoms with Crippen LogP contribution in [0.5, 0.6) is 0 Å². The number of nitrogens with one attached hydrogen (secondary N) is 2. The molecule has 1 aliphatic carbocycles. The smallest absolute Gasteiger partial charge is 0.00207 e. The third kappa shape index (κ3) is 3.27. The zero-order valence-electron chi connectivity index (χ0n) is 12.5. The van der Waals surface area contributed by atoms with Crippen molar-refractivity contribution in [2.24, 2.45) is 10.8 Å². The van der Waals surface area contributed by atoms with E-state index in [1.54, 1.807) is 0 Å². The van der Waals surface area contributed by atoms with Crippen LogP contribution in [0.3, 0.4) is 0 Å². The Morgan fingerprint density at radius 2 is 1.72 bits per heavy atom. The average Bonchev–Trinajstić information content (AvgIpc) is 3.01. The summed E-state index contributed by atoms with van der Waals surface area (Å²) in [5.41, 5.74) is 1.20. The maximum atomic E-state index is 3.85. The average molecular weight is 252 g/mol. The molecule has 2 fully saturated rings. The summed E-state index contributed by atoms with van der Waals surface area (Å²) in [7, 11) is 0. The van der Waals surface area contributed by atoms with Gasteiger partial charge in [-0.15, -0.1) is 0 Å². The van der Waals surface area contributed by atoms with Gasteiger partial charge in [0, 0.05) is 19.6 Å². The summed E-state index contributed by atoms with van der Waals surface area (Å²) in [5.74, 6) is 0. The highest BCUT2D eigenvalue weighted by atomic mass is 15.0. The Balaban J connectivity index is 1.79. The monoisotopic (exact) mass is 252 g/mol. The van der Waals surface area contributed by atoms with Gasteiger partial charge in [-0.1, -0.05) is 33.1 Å². The molecule has 0 amide bonds. The van der Waals surface area contributed by atoms with E-state index in [0.717, 1.165) is 0 Å². The molecule has 2 heteroatoms. The number of rotatable bonds is 7. The van der Waals surface area contributed by atoms with Crippen LogP contribution in [0.25, 0.3) is 0 Å². The lowest BCUT2D eigenvalue weighted by molar-refractivity contribution is 0.224. The maximum Gasteiger partial charge on any atom is 0.00207 e. The summed E-state index contributed by atoms with van der Waals surface area (Å²) in [6.07, 6.45) is 11.2. The summed E-state index contributed by atoms with van der Waals surface area (Å²) in [6, 6.07) is 0. The summed E-state index contributed by atoms with van der Waals surface area (Å²) >= 11 is 0. The lowest BCUT2D eigenvalue weighted by Gasteiger charge is -2.33. The number of hydrogen-bond donors (Lipinski definition) is 2. The van der Waals surface area contributed by atoms with Crippen LogP contribution in [-0.4, -0.2) is 26.2 Å². The third-order valence-electron chi connectivity index (χ3n) is 5.53. The minimum absolute atomic E-state index is 0.558. The van der Waals surface area contributed by atoms with E-state index in [1.807, 2.05) is 0 Å². The van der Waals surface area contributed by atoms with Gasteiger partial charge in [0.2, 0.25) is 0 Å². The van der Waals surface area contributed by atoms with Crippen LogP contribution in [0.1, 0.15) is 65.2 Å². The predicted octanol–water partition coefficient (Wildman–Crippen LogP) is 3.33. The Hall–Kier alpha value is -0.0800. The second-order valence-corrected chi connectivity index (χ2v) is 6.84. The Labute approximate surface area is 113 Å². The Morgan fingerprint density at radius 1 is 1.00 bits per heavy atom. The Kier molecular flexibility index (Phi) is 5.08. The van der Waals surface area contributed by atoms with E-state index >= 15 is 0 Å². The van der Waals surface area contributed by atoms with E-state index in [2.05, 4.69) is 24.5 Å². The third-order valence-corrected chi connectivity index (χ3v) is 5.53. The van der Waals surface area contributed by atoms with E-state index in [9.17, 15) is 0 Å². The van der Waals surface area contributed by atoms with Crippen LogP contribution in [0.2, 0.25) is 0 Å². The zero-order chi connectivity index (χ0) is 12.9. The summed E-state index contributed by atoms with van der Waals surface area (Å²) < 4.78 is 0. The molecule has 2 rings (SSSR count). The van der Waals surface area contributed by atoms with Crippen LogP contribution in [0.15, 0.2) is 0 Å². The summed E-state index contributed by atoms with van der Waals surface area (Å²) in [5, 5.41) is 7.41. The van der Waals surface area contributed by atoms with Crippen molar-refractivity contribution in [2.45, 2.75) is 65.2 Å². The molecule has 18 heavy (non-hydrogen) atoms. The van der Waals surface area contributed by atoms with E-state index in [4.69, 9.17) is 0 Å². The van der Waals surface area contributed by atoms with Crippen LogP contribution in [0.4, 0.5) is 0 Å². The van der Waals surface area contributed by atoms with E-state index in [-0.39, 0.29) is 0 Å². The predicted molar refractivity (Wildman–Crippen MR) is 78.9 cm³/mol. The van der Waals surface area contributed by atoms with Gasteiger partial charge in [0.1, 0.15) is 0 Å². The molecule has 0 radical (unpaired) electrons. The Bertz CT molecular complexity index is 237. The standard InChI is InChI=1S/C16H32N2/c1-3-7-16(10-11-17-13-16)14-18-12-15(4-2)8-5-6-9-15/h17-18H,3-14H2,1-2H3. The number of hydrogen-bond acceptors (Lipinski definition) is 2. The largest absolute Gasteiger partial charge is 0.316 e. The molecule has 0 bridgehead atoms. The van der Waals surface area contributed by atoms with Crippen LogP contribution in [0, 0.1) is 10.8 Å². The van der Waals surface area contributed by atoms with Gasteiger partial charge in [-0.3, -0.25) is 0 Å². The van der Waals surface area contributed by atoms with Crippen molar-refractivity contribution in [1.82, 2.24) is 10.6 Å². The maximum absolute atomic E-state index is 3.85. The second kappa shape index (κ2) is 6.38. The second-order valence-electron chi connectivity index (χ2n) is 6.84. The topological polar surface area (TPSA) is 24.1 Å². The van der Waals surface area contributed by atoms with Gasteiger partial charge in [0.25, 0.3) is 0 Å². The molecule has 2 aliphatic rings. The van der Waals surface area contributed by atoms with Crippen molar-refractivity contribution in [3.05, 3.63) is 0 Å². The summed E-state index contributed by atoms with van der Waals surface area (Å²) in [6.45, 7) is 9.65. The highest BCUT2D eigenvalue weighted by Gasteiger charge is 2.35.